The van der Waals surface area contributed by atoms with Gasteiger partial charge in [0.25, 0.3) is 5.91 Å². The third kappa shape index (κ3) is 5.18. The summed E-state index contributed by atoms with van der Waals surface area (Å²) in [7, 11) is 1.74. The molecule has 0 bridgehead atoms. The van der Waals surface area contributed by atoms with Gasteiger partial charge in [-0.2, -0.15) is 0 Å². The number of carbonyl (C=O) groups excluding carboxylic acids is 1. The maximum Gasteiger partial charge on any atom is 0.573 e. The zero-order valence-electron chi connectivity index (χ0n) is 13.1. The summed E-state index contributed by atoms with van der Waals surface area (Å²) < 4.78 is 47.7. The monoisotopic (exact) mass is 343 g/mol. The molecule has 1 heterocycles. The largest absolute Gasteiger partial charge is 0.573 e. The van der Waals surface area contributed by atoms with Crippen molar-refractivity contribution in [2.24, 2.45) is 7.05 Å². The quantitative estimate of drug-likeness (QED) is 0.874. The number of ether oxygens (including phenoxy) is 2. The van der Waals surface area contributed by atoms with Crippen LogP contribution in [0.4, 0.5) is 13.2 Å². The minimum absolute atomic E-state index is 0.115. The second-order valence-electron chi connectivity index (χ2n) is 4.97. The molecule has 0 spiro atoms. The van der Waals surface area contributed by atoms with Gasteiger partial charge in [0.1, 0.15) is 5.75 Å². The number of aryl methyl sites for hydroxylation is 2. The van der Waals surface area contributed by atoms with E-state index < -0.39 is 12.3 Å². The number of aromatic nitrogens is 2. The number of amides is 1. The SMILES string of the molecule is Cc1cc(OCC(=O)NCc2ccccc2OC(F)(F)F)nn1C. The molecule has 0 saturated heterocycles. The lowest BCUT2D eigenvalue weighted by molar-refractivity contribution is -0.274. The number of halogens is 3. The number of benzene rings is 1. The van der Waals surface area contributed by atoms with Gasteiger partial charge in [-0.1, -0.05) is 18.2 Å². The Morgan fingerprint density at radius 3 is 2.67 bits per heavy atom. The molecule has 1 aromatic heterocycles. The fraction of sp³-hybridized carbons (Fsp3) is 0.333. The molecule has 0 saturated carbocycles. The molecular weight excluding hydrogens is 327 g/mol. The van der Waals surface area contributed by atoms with E-state index in [1.54, 1.807) is 23.9 Å². The van der Waals surface area contributed by atoms with E-state index in [1.165, 1.54) is 18.2 Å². The van der Waals surface area contributed by atoms with Crippen LogP contribution < -0.4 is 14.8 Å². The van der Waals surface area contributed by atoms with Gasteiger partial charge >= 0.3 is 6.36 Å². The Kier molecular flexibility index (Phi) is 5.32. The molecule has 1 N–H and O–H groups in total. The van der Waals surface area contributed by atoms with Gasteiger partial charge in [0.05, 0.1) is 0 Å². The van der Waals surface area contributed by atoms with Gasteiger partial charge in [-0.3, -0.25) is 9.48 Å². The lowest BCUT2D eigenvalue weighted by Crippen LogP contribution is -2.29. The maximum atomic E-state index is 12.3. The molecule has 9 heteroatoms. The van der Waals surface area contributed by atoms with Crippen LogP contribution in [-0.4, -0.2) is 28.7 Å². The summed E-state index contributed by atoms with van der Waals surface area (Å²) in [5.74, 6) is -0.544. The number of nitrogens with zero attached hydrogens (tertiary/aromatic N) is 2. The predicted molar refractivity (Wildman–Crippen MR) is 78.4 cm³/mol. The number of alkyl halides is 3. The van der Waals surface area contributed by atoms with Crippen molar-refractivity contribution >= 4 is 5.91 Å². The second kappa shape index (κ2) is 7.24. The van der Waals surface area contributed by atoms with Gasteiger partial charge < -0.3 is 14.8 Å². The van der Waals surface area contributed by atoms with Crippen molar-refractivity contribution < 1.29 is 27.4 Å². The van der Waals surface area contributed by atoms with Crippen LogP contribution in [0.15, 0.2) is 30.3 Å². The van der Waals surface area contributed by atoms with Crippen LogP contribution in [0.1, 0.15) is 11.3 Å². The number of hydrogen-bond acceptors (Lipinski definition) is 4. The minimum Gasteiger partial charge on any atom is -0.467 e. The molecule has 2 rings (SSSR count). The molecule has 0 unspecified atom stereocenters. The molecule has 130 valence electrons. The van der Waals surface area contributed by atoms with E-state index in [2.05, 4.69) is 15.2 Å². The van der Waals surface area contributed by atoms with E-state index in [-0.39, 0.29) is 24.5 Å². The van der Waals surface area contributed by atoms with Crippen LogP contribution in [-0.2, 0) is 18.4 Å². The maximum absolute atomic E-state index is 12.3. The summed E-state index contributed by atoms with van der Waals surface area (Å²) in [5, 5.41) is 6.50. The molecule has 0 atom stereocenters. The van der Waals surface area contributed by atoms with Crippen molar-refractivity contribution in [3.63, 3.8) is 0 Å². The van der Waals surface area contributed by atoms with Crippen molar-refractivity contribution in [3.05, 3.63) is 41.6 Å². The molecule has 0 radical (unpaired) electrons. The predicted octanol–water partition coefficient (Wildman–Crippen LogP) is 2.32. The fourth-order valence-electron chi connectivity index (χ4n) is 1.86. The lowest BCUT2D eigenvalue weighted by Gasteiger charge is -2.13. The highest BCUT2D eigenvalue weighted by molar-refractivity contribution is 5.77. The molecule has 6 nitrogen and oxygen atoms in total. The minimum atomic E-state index is -4.79. The Hall–Kier alpha value is -2.71. The van der Waals surface area contributed by atoms with Gasteiger partial charge in [0.15, 0.2) is 6.61 Å². The van der Waals surface area contributed by atoms with Gasteiger partial charge in [0, 0.05) is 30.9 Å². The Balaban J connectivity index is 1.87. The number of para-hydroxylation sites is 1. The van der Waals surface area contributed by atoms with Crippen LogP contribution in [0.5, 0.6) is 11.6 Å². The third-order valence-electron chi connectivity index (χ3n) is 3.12. The Morgan fingerprint density at radius 1 is 1.33 bits per heavy atom. The molecule has 0 aliphatic rings. The highest BCUT2D eigenvalue weighted by Gasteiger charge is 2.31. The first-order chi connectivity index (χ1) is 11.2. The van der Waals surface area contributed by atoms with E-state index >= 15 is 0 Å². The Bertz CT molecular complexity index is 694. The molecule has 1 aromatic carbocycles. The average Bonchev–Trinajstić information content (AvgIpc) is 2.81. The Morgan fingerprint density at radius 2 is 2.04 bits per heavy atom. The van der Waals surface area contributed by atoms with Crippen molar-refractivity contribution in [2.75, 3.05) is 6.61 Å². The smallest absolute Gasteiger partial charge is 0.467 e. The summed E-state index contributed by atoms with van der Waals surface area (Å²) in [6.45, 7) is 1.42. The van der Waals surface area contributed by atoms with Crippen LogP contribution in [0.25, 0.3) is 0 Å². The van der Waals surface area contributed by atoms with Crippen molar-refractivity contribution in [2.45, 2.75) is 19.8 Å². The zero-order valence-corrected chi connectivity index (χ0v) is 13.1. The van der Waals surface area contributed by atoms with Crippen molar-refractivity contribution in [1.29, 1.82) is 0 Å². The van der Waals surface area contributed by atoms with Gasteiger partial charge in [0.2, 0.25) is 5.88 Å². The summed E-state index contributed by atoms with van der Waals surface area (Å²) in [5.41, 5.74) is 1.07. The summed E-state index contributed by atoms with van der Waals surface area (Å²) in [4.78, 5) is 11.7. The molecule has 2 aromatic rings. The summed E-state index contributed by atoms with van der Waals surface area (Å²) in [6, 6.07) is 7.25. The highest BCUT2D eigenvalue weighted by atomic mass is 19.4. The molecule has 24 heavy (non-hydrogen) atoms. The second-order valence-corrected chi connectivity index (χ2v) is 4.97. The first-order valence-electron chi connectivity index (χ1n) is 6.98. The third-order valence-corrected chi connectivity index (χ3v) is 3.12. The van der Waals surface area contributed by atoms with Crippen LogP contribution >= 0.6 is 0 Å². The van der Waals surface area contributed by atoms with E-state index in [1.807, 2.05) is 6.92 Å². The van der Waals surface area contributed by atoms with Gasteiger partial charge in [-0.05, 0) is 13.0 Å². The molecule has 0 fully saturated rings. The van der Waals surface area contributed by atoms with E-state index in [9.17, 15) is 18.0 Å². The van der Waals surface area contributed by atoms with Crippen LogP contribution in [0, 0.1) is 6.92 Å². The number of rotatable bonds is 6. The van der Waals surface area contributed by atoms with Gasteiger partial charge in [-0.25, -0.2) is 0 Å². The molecule has 0 aliphatic heterocycles. The van der Waals surface area contributed by atoms with E-state index in [0.29, 0.717) is 5.88 Å². The van der Waals surface area contributed by atoms with E-state index in [0.717, 1.165) is 5.69 Å². The van der Waals surface area contributed by atoms with Crippen molar-refractivity contribution in [3.8, 4) is 11.6 Å². The Labute approximate surface area is 136 Å². The number of carbonyl (C=O) groups is 1. The molecular formula is C15H16F3N3O3. The summed E-state index contributed by atoms with van der Waals surface area (Å²) in [6.07, 6.45) is -4.79. The lowest BCUT2D eigenvalue weighted by atomic mass is 10.2. The number of nitrogens with one attached hydrogen (secondary N) is 1. The molecule has 0 aliphatic carbocycles. The highest BCUT2D eigenvalue weighted by Crippen LogP contribution is 2.26. The first kappa shape index (κ1) is 17.6. The zero-order chi connectivity index (χ0) is 17.7. The standard InChI is InChI=1S/C15H16F3N3O3/c1-10-7-14(20-21(10)2)23-9-13(22)19-8-11-5-3-4-6-12(11)24-15(16,17)18/h3-7H,8-9H2,1-2H3,(H,19,22). The normalized spacial score (nSPS) is 11.2. The number of hydrogen-bond donors (Lipinski definition) is 1. The summed E-state index contributed by atoms with van der Waals surface area (Å²) >= 11 is 0. The van der Waals surface area contributed by atoms with Crippen molar-refractivity contribution in [1.82, 2.24) is 15.1 Å². The van der Waals surface area contributed by atoms with Crippen LogP contribution in [0.3, 0.4) is 0 Å². The fourth-order valence-corrected chi connectivity index (χ4v) is 1.86. The average molecular weight is 343 g/mol. The topological polar surface area (TPSA) is 65.4 Å². The van der Waals surface area contributed by atoms with E-state index in [4.69, 9.17) is 4.74 Å². The van der Waals surface area contributed by atoms with Gasteiger partial charge in [-0.15, -0.1) is 18.3 Å². The first-order valence-corrected chi connectivity index (χ1v) is 6.98. The molecule has 1 amide bonds. The van der Waals surface area contributed by atoms with Crippen LogP contribution in [0.2, 0.25) is 0 Å².